The van der Waals surface area contributed by atoms with Gasteiger partial charge in [0.2, 0.25) is 0 Å². The second-order valence-electron chi connectivity index (χ2n) is 9.63. The van der Waals surface area contributed by atoms with Crippen molar-refractivity contribution in [2.45, 2.75) is 28.5 Å². The second-order valence-corrected chi connectivity index (χ2v) is 11.8. The maximum atomic E-state index is 12.5. The number of rotatable bonds is 12. The van der Waals surface area contributed by atoms with Crippen molar-refractivity contribution in [1.82, 2.24) is 10.2 Å². The summed E-state index contributed by atoms with van der Waals surface area (Å²) in [7, 11) is 0. The van der Waals surface area contributed by atoms with Gasteiger partial charge >= 0.3 is 6.09 Å². The average Bonchev–Trinajstić information content (AvgIpc) is 3.33. The summed E-state index contributed by atoms with van der Waals surface area (Å²) in [4.78, 5) is 40.3. The van der Waals surface area contributed by atoms with Crippen molar-refractivity contribution in [3.8, 4) is 0 Å². The van der Waals surface area contributed by atoms with Crippen LogP contribution in [0, 0.1) is 0 Å². The first-order chi connectivity index (χ1) is 21.5. The number of alkyl carbamates (subject to hydrolysis) is 1. The van der Waals surface area contributed by atoms with Crippen LogP contribution in [0.25, 0.3) is 0 Å². The standard InChI is InChI=1S/C18H15NO2S.C18H19NO2S/c1-2-13(12-22-14-8-4-3-5-9-14)19-17(20)15-10-6-7-11-16(15)18(19)21;1-2-16(14-22-17-11-7-4-8-12-17)19-18(20)21-13-15-9-5-3-6-10-15/h2-11,13H,1,12H2;2-12,16H,1,13-14H2,(H,19,20)/t13-;16-/m11/s1. The average molecular weight is 623 g/mol. The number of carbonyl (C=O) groups is 3. The first-order valence-electron chi connectivity index (χ1n) is 14.0. The van der Waals surface area contributed by atoms with Crippen molar-refractivity contribution in [2.24, 2.45) is 0 Å². The highest BCUT2D eigenvalue weighted by atomic mass is 32.2. The zero-order chi connectivity index (χ0) is 31.1. The van der Waals surface area contributed by atoms with Crippen LogP contribution in [0.2, 0.25) is 0 Å². The minimum absolute atomic E-state index is 0.131. The lowest BCUT2D eigenvalue weighted by Gasteiger charge is -2.22. The van der Waals surface area contributed by atoms with Gasteiger partial charge in [0.15, 0.2) is 0 Å². The molecule has 1 aliphatic heterocycles. The summed E-state index contributed by atoms with van der Waals surface area (Å²) >= 11 is 3.27. The summed E-state index contributed by atoms with van der Waals surface area (Å²) in [6, 6.07) is 36.0. The van der Waals surface area contributed by atoms with E-state index in [1.54, 1.807) is 59.9 Å². The van der Waals surface area contributed by atoms with Crippen molar-refractivity contribution in [3.63, 3.8) is 0 Å². The van der Waals surface area contributed by atoms with Crippen LogP contribution in [0.1, 0.15) is 26.3 Å². The van der Waals surface area contributed by atoms with E-state index in [4.69, 9.17) is 4.74 Å². The molecule has 2 atom stereocenters. The molecule has 1 heterocycles. The van der Waals surface area contributed by atoms with Crippen molar-refractivity contribution in [2.75, 3.05) is 11.5 Å². The van der Waals surface area contributed by atoms with E-state index in [1.165, 1.54) is 4.90 Å². The molecule has 6 nitrogen and oxygen atoms in total. The Kier molecular flexibility index (Phi) is 12.5. The number of nitrogens with one attached hydrogen (secondary N) is 1. The molecule has 0 spiro atoms. The van der Waals surface area contributed by atoms with E-state index in [9.17, 15) is 14.4 Å². The van der Waals surface area contributed by atoms with Crippen LogP contribution in [0.4, 0.5) is 4.79 Å². The number of amides is 3. The fourth-order valence-corrected chi connectivity index (χ4v) is 6.18. The molecule has 1 aliphatic rings. The van der Waals surface area contributed by atoms with Gasteiger partial charge in [0.1, 0.15) is 6.61 Å². The Bertz CT molecular complexity index is 1510. The molecular weight excluding hydrogens is 589 g/mol. The third-order valence-electron chi connectivity index (χ3n) is 6.57. The molecule has 3 amide bonds. The molecule has 0 saturated heterocycles. The Morgan fingerprint density at radius 1 is 0.705 bits per heavy atom. The number of imide groups is 1. The number of benzene rings is 4. The Balaban J connectivity index is 0.000000201. The molecule has 8 heteroatoms. The Labute approximate surface area is 267 Å². The van der Waals surface area contributed by atoms with Gasteiger partial charge in [-0.2, -0.15) is 0 Å². The lowest BCUT2D eigenvalue weighted by Crippen LogP contribution is -2.40. The summed E-state index contributed by atoms with van der Waals surface area (Å²) in [5, 5.41) is 2.81. The maximum absolute atomic E-state index is 12.5. The molecule has 0 saturated carbocycles. The van der Waals surface area contributed by atoms with Crippen LogP contribution < -0.4 is 5.32 Å². The summed E-state index contributed by atoms with van der Waals surface area (Å²) in [5.74, 6) is 0.839. The SMILES string of the molecule is C=C[C@H](CSc1ccccc1)N1C(=O)c2ccccc2C1=O.C=C[C@H](CSc1ccccc1)NC(=O)OCc1ccccc1. The lowest BCUT2D eigenvalue weighted by molar-refractivity contribution is 0.0627. The fraction of sp³-hybridized carbons (Fsp3) is 0.139. The van der Waals surface area contributed by atoms with E-state index < -0.39 is 6.09 Å². The molecule has 0 radical (unpaired) electrons. The molecule has 4 aromatic rings. The van der Waals surface area contributed by atoms with Gasteiger partial charge in [-0.1, -0.05) is 91.0 Å². The highest BCUT2D eigenvalue weighted by Crippen LogP contribution is 2.28. The number of ether oxygens (including phenoxy) is 1. The number of hydrogen-bond acceptors (Lipinski definition) is 6. The first-order valence-corrected chi connectivity index (χ1v) is 16.0. The molecule has 5 rings (SSSR count). The number of hydrogen-bond donors (Lipinski definition) is 1. The van der Waals surface area contributed by atoms with E-state index in [0.717, 1.165) is 15.4 Å². The van der Waals surface area contributed by atoms with Gasteiger partial charge in [0, 0.05) is 21.3 Å². The number of nitrogens with zero attached hydrogens (tertiary/aromatic N) is 1. The molecule has 44 heavy (non-hydrogen) atoms. The Morgan fingerprint density at radius 3 is 1.68 bits per heavy atom. The first kappa shape index (κ1) is 32.4. The fourth-order valence-electron chi connectivity index (χ4n) is 4.24. The van der Waals surface area contributed by atoms with E-state index >= 15 is 0 Å². The molecular formula is C36H34N2O4S2. The lowest BCUT2D eigenvalue weighted by atomic mass is 10.1. The maximum Gasteiger partial charge on any atom is 0.407 e. The zero-order valence-electron chi connectivity index (χ0n) is 24.2. The molecule has 1 N–H and O–H groups in total. The summed E-state index contributed by atoms with van der Waals surface area (Å²) < 4.78 is 5.21. The number of fused-ring (bicyclic) bond motifs is 1. The van der Waals surface area contributed by atoms with Gasteiger partial charge in [-0.25, -0.2) is 4.79 Å². The van der Waals surface area contributed by atoms with Crippen LogP contribution in [0.15, 0.2) is 150 Å². The van der Waals surface area contributed by atoms with E-state index in [0.29, 0.717) is 22.6 Å². The normalized spacial score (nSPS) is 13.1. The summed E-state index contributed by atoms with van der Waals surface area (Å²) in [6.45, 7) is 7.82. The molecule has 224 valence electrons. The third-order valence-corrected chi connectivity index (χ3v) is 8.81. The minimum atomic E-state index is -0.428. The van der Waals surface area contributed by atoms with Crippen LogP contribution >= 0.6 is 23.5 Å². The van der Waals surface area contributed by atoms with E-state index in [-0.39, 0.29) is 30.5 Å². The van der Waals surface area contributed by atoms with Crippen LogP contribution in [0.5, 0.6) is 0 Å². The van der Waals surface area contributed by atoms with Gasteiger partial charge in [-0.05, 0) is 42.0 Å². The second kappa shape index (κ2) is 16.9. The molecule has 0 aliphatic carbocycles. The Morgan fingerprint density at radius 2 is 1.18 bits per heavy atom. The minimum Gasteiger partial charge on any atom is -0.445 e. The van der Waals surface area contributed by atoms with E-state index in [1.807, 2.05) is 91.0 Å². The van der Waals surface area contributed by atoms with Crippen LogP contribution in [-0.4, -0.2) is 46.4 Å². The number of carbonyl (C=O) groups excluding carboxylic acids is 3. The molecule has 0 bridgehead atoms. The van der Waals surface area contributed by atoms with Gasteiger partial charge in [0.25, 0.3) is 11.8 Å². The van der Waals surface area contributed by atoms with Gasteiger partial charge in [-0.15, -0.1) is 36.7 Å². The van der Waals surface area contributed by atoms with Gasteiger partial charge in [-0.3, -0.25) is 14.5 Å². The quantitative estimate of drug-likeness (QED) is 0.0984. The smallest absolute Gasteiger partial charge is 0.407 e. The van der Waals surface area contributed by atoms with Crippen molar-refractivity contribution in [3.05, 3.63) is 157 Å². The van der Waals surface area contributed by atoms with Crippen molar-refractivity contribution >= 4 is 41.4 Å². The van der Waals surface area contributed by atoms with Crippen molar-refractivity contribution in [1.29, 1.82) is 0 Å². The largest absolute Gasteiger partial charge is 0.445 e. The topological polar surface area (TPSA) is 75.7 Å². The molecule has 0 unspecified atom stereocenters. The third kappa shape index (κ3) is 9.23. The summed E-state index contributed by atoms with van der Waals surface area (Å²) in [6.07, 6.45) is 2.96. The number of thioether (sulfide) groups is 2. The zero-order valence-corrected chi connectivity index (χ0v) is 25.8. The Hall–Kier alpha value is -4.53. The predicted octanol–water partition coefficient (Wildman–Crippen LogP) is 7.89. The van der Waals surface area contributed by atoms with Crippen LogP contribution in [0.3, 0.4) is 0 Å². The predicted molar refractivity (Wildman–Crippen MR) is 179 cm³/mol. The molecule has 0 fully saturated rings. The van der Waals surface area contributed by atoms with Gasteiger partial charge < -0.3 is 10.1 Å². The molecule has 0 aromatic heterocycles. The van der Waals surface area contributed by atoms with Crippen LogP contribution in [-0.2, 0) is 11.3 Å². The molecule has 4 aromatic carbocycles. The highest BCUT2D eigenvalue weighted by Gasteiger charge is 2.38. The monoisotopic (exact) mass is 622 g/mol. The summed E-state index contributed by atoms with van der Waals surface area (Å²) in [5.41, 5.74) is 1.92. The van der Waals surface area contributed by atoms with E-state index in [2.05, 4.69) is 18.5 Å². The van der Waals surface area contributed by atoms with Crippen molar-refractivity contribution < 1.29 is 19.1 Å². The highest BCUT2D eigenvalue weighted by molar-refractivity contribution is 7.99. The van der Waals surface area contributed by atoms with Gasteiger partial charge in [0.05, 0.1) is 23.2 Å².